The van der Waals surface area contributed by atoms with Crippen molar-refractivity contribution in [3.8, 4) is 28.3 Å². The highest BCUT2D eigenvalue weighted by Crippen LogP contribution is 2.29. The van der Waals surface area contributed by atoms with Gasteiger partial charge in [-0.1, -0.05) is 89.8 Å². The van der Waals surface area contributed by atoms with Gasteiger partial charge in [-0.15, -0.1) is 11.3 Å². The van der Waals surface area contributed by atoms with Crippen LogP contribution in [-0.2, 0) is 21.4 Å². The number of carbonyl (C=O) groups excluding carboxylic acids is 2. The summed E-state index contributed by atoms with van der Waals surface area (Å²) in [4.78, 5) is 47.4. The number of alkyl halides is 1. The molecule has 254 valence electrons. The lowest BCUT2D eigenvalue weighted by atomic mass is 9.95. The zero-order chi connectivity index (χ0) is 34.7. The Kier molecular flexibility index (Phi) is 12.8. The average Bonchev–Trinajstić information content (AvgIpc) is 3.59. The molecule has 4 rings (SSSR count). The van der Waals surface area contributed by atoms with Crippen molar-refractivity contribution >= 4 is 29.1 Å². The molecule has 3 N–H and O–H groups in total. The van der Waals surface area contributed by atoms with Crippen LogP contribution in [0.5, 0.6) is 5.75 Å². The van der Waals surface area contributed by atoms with Gasteiger partial charge in [0.05, 0.1) is 11.5 Å². The SMILES string of the molecule is CCCCCCCOc1ccc(-c2cnc(-c3ccc(C[C@H](NC(=O)c4ccc(C(C)(C)C)s4)C(=O)N[C@H](F)C(=O)O)cc3)nc2)cc1. The Morgan fingerprint density at radius 3 is 2.10 bits per heavy atom. The van der Waals surface area contributed by atoms with Crippen LogP contribution in [0.15, 0.2) is 73.1 Å². The normalized spacial score (nSPS) is 12.6. The van der Waals surface area contributed by atoms with E-state index in [1.807, 2.05) is 56.4 Å². The van der Waals surface area contributed by atoms with Crippen molar-refractivity contribution in [1.29, 1.82) is 0 Å². The second-order valence-corrected chi connectivity index (χ2v) is 13.7. The van der Waals surface area contributed by atoms with Crippen LogP contribution in [-0.4, -0.2) is 51.8 Å². The summed E-state index contributed by atoms with van der Waals surface area (Å²) in [7, 11) is 0. The highest BCUT2D eigenvalue weighted by atomic mass is 32.1. The second-order valence-electron chi connectivity index (χ2n) is 12.6. The lowest BCUT2D eigenvalue weighted by Gasteiger charge is -2.19. The average molecular weight is 675 g/mol. The molecule has 2 aromatic carbocycles. The quantitative estimate of drug-likeness (QED) is 0.0837. The minimum Gasteiger partial charge on any atom is -0.494 e. The van der Waals surface area contributed by atoms with Crippen LogP contribution in [0.4, 0.5) is 4.39 Å². The number of carboxylic acids is 1. The van der Waals surface area contributed by atoms with Crippen LogP contribution in [0.2, 0.25) is 0 Å². The fourth-order valence-corrected chi connectivity index (χ4v) is 5.85. The standard InChI is InChI=1S/C37H43FN4O5S/c1-5-6-7-8-9-20-47-28-16-14-25(15-17-28)27-22-39-33(40-23-27)26-12-10-24(11-13-26)21-29(34(43)42-32(38)36(45)46)41-35(44)30-18-19-31(48-30)37(2,3)4/h10-19,22-23,29,32H,5-9,20-21H2,1-4H3,(H,41,44)(H,42,43)(H,45,46)/t29-,32-/m0/s1. The van der Waals surface area contributed by atoms with Gasteiger partial charge in [-0.2, -0.15) is 0 Å². The molecule has 2 aromatic heterocycles. The molecule has 0 radical (unpaired) electrons. The maximum Gasteiger partial charge on any atom is 0.359 e. The van der Waals surface area contributed by atoms with Crippen molar-refractivity contribution in [3.05, 3.63) is 88.4 Å². The monoisotopic (exact) mass is 674 g/mol. The number of rotatable bonds is 16. The number of nitrogens with zero attached hydrogens (tertiary/aromatic N) is 2. The first-order valence-corrected chi connectivity index (χ1v) is 17.0. The van der Waals surface area contributed by atoms with E-state index in [9.17, 15) is 18.8 Å². The summed E-state index contributed by atoms with van der Waals surface area (Å²) < 4.78 is 19.8. The minimum absolute atomic E-state index is 0.0000569. The van der Waals surface area contributed by atoms with Crippen molar-refractivity contribution in [2.24, 2.45) is 0 Å². The summed E-state index contributed by atoms with van der Waals surface area (Å²) in [6.45, 7) is 8.99. The van der Waals surface area contributed by atoms with E-state index < -0.39 is 30.1 Å². The molecule has 0 fully saturated rings. The second kappa shape index (κ2) is 17.0. The van der Waals surface area contributed by atoms with Gasteiger partial charge >= 0.3 is 5.97 Å². The lowest BCUT2D eigenvalue weighted by molar-refractivity contribution is -0.147. The van der Waals surface area contributed by atoms with Gasteiger partial charge in [-0.3, -0.25) is 9.59 Å². The Labute approximate surface area is 285 Å². The predicted molar refractivity (Wildman–Crippen MR) is 186 cm³/mol. The van der Waals surface area contributed by atoms with Gasteiger partial charge in [0.1, 0.15) is 11.8 Å². The number of carboxylic acid groups (broad SMARTS) is 1. The van der Waals surface area contributed by atoms with E-state index in [0.29, 0.717) is 22.9 Å². The molecule has 0 aliphatic rings. The van der Waals surface area contributed by atoms with Gasteiger partial charge < -0.3 is 20.5 Å². The molecular formula is C37H43FN4O5S. The third kappa shape index (κ3) is 10.4. The predicted octanol–water partition coefficient (Wildman–Crippen LogP) is 7.36. The largest absolute Gasteiger partial charge is 0.494 e. The third-order valence-electron chi connectivity index (χ3n) is 7.68. The number of halogens is 1. The van der Waals surface area contributed by atoms with E-state index in [1.54, 1.807) is 42.7 Å². The van der Waals surface area contributed by atoms with Crippen molar-refractivity contribution in [3.63, 3.8) is 0 Å². The first kappa shape index (κ1) is 36.2. The van der Waals surface area contributed by atoms with E-state index in [1.165, 1.54) is 37.0 Å². The molecule has 0 aliphatic heterocycles. The molecule has 0 saturated heterocycles. The number of hydrogen-bond acceptors (Lipinski definition) is 7. The number of thiophene rings is 1. The van der Waals surface area contributed by atoms with E-state index >= 15 is 0 Å². The molecule has 0 bridgehead atoms. The molecule has 9 nitrogen and oxygen atoms in total. The van der Waals surface area contributed by atoms with Crippen LogP contribution >= 0.6 is 11.3 Å². The van der Waals surface area contributed by atoms with E-state index in [2.05, 4.69) is 22.2 Å². The maximum absolute atomic E-state index is 13.9. The maximum atomic E-state index is 13.9. The van der Waals surface area contributed by atoms with Crippen molar-refractivity contribution in [2.45, 2.75) is 84.0 Å². The van der Waals surface area contributed by atoms with Gasteiger partial charge in [0.2, 0.25) is 5.91 Å². The van der Waals surface area contributed by atoms with Crippen LogP contribution in [0.1, 0.15) is 79.9 Å². The van der Waals surface area contributed by atoms with Gasteiger partial charge in [-0.05, 0) is 47.2 Å². The molecule has 0 unspecified atom stereocenters. The van der Waals surface area contributed by atoms with Crippen LogP contribution in [0.25, 0.3) is 22.5 Å². The Hall–Kier alpha value is -4.64. The summed E-state index contributed by atoms with van der Waals surface area (Å²) >= 11 is 1.30. The number of aromatic nitrogens is 2. The lowest BCUT2D eigenvalue weighted by Crippen LogP contribution is -2.51. The summed E-state index contributed by atoms with van der Waals surface area (Å²) in [5.41, 5.74) is 3.06. The highest BCUT2D eigenvalue weighted by molar-refractivity contribution is 7.14. The molecule has 4 aromatic rings. The summed E-state index contributed by atoms with van der Waals surface area (Å²) in [5, 5.41) is 13.4. The Morgan fingerprint density at radius 2 is 1.50 bits per heavy atom. The highest BCUT2D eigenvalue weighted by Gasteiger charge is 2.28. The first-order valence-electron chi connectivity index (χ1n) is 16.2. The van der Waals surface area contributed by atoms with Gasteiger partial charge in [0.25, 0.3) is 12.2 Å². The van der Waals surface area contributed by atoms with Gasteiger partial charge in [-0.25, -0.2) is 19.2 Å². The zero-order valence-corrected chi connectivity index (χ0v) is 28.6. The smallest absolute Gasteiger partial charge is 0.359 e. The topological polar surface area (TPSA) is 131 Å². The Balaban J connectivity index is 1.40. The molecule has 2 atom stereocenters. The molecule has 0 saturated carbocycles. The molecule has 2 amide bonds. The van der Waals surface area contributed by atoms with E-state index in [0.717, 1.165) is 33.7 Å². The molecular weight excluding hydrogens is 631 g/mol. The molecule has 11 heteroatoms. The summed E-state index contributed by atoms with van der Waals surface area (Å²) in [5.74, 6) is -1.95. The third-order valence-corrected chi connectivity index (χ3v) is 9.19. The Morgan fingerprint density at radius 1 is 0.854 bits per heavy atom. The van der Waals surface area contributed by atoms with Crippen LogP contribution in [0.3, 0.4) is 0 Å². The van der Waals surface area contributed by atoms with E-state index in [-0.39, 0.29) is 11.8 Å². The Bertz CT molecular complexity index is 1650. The van der Waals surface area contributed by atoms with Crippen molar-refractivity contribution < 1.29 is 28.6 Å². The molecule has 0 spiro atoms. The minimum atomic E-state index is -2.61. The number of aliphatic carboxylic acids is 1. The zero-order valence-electron chi connectivity index (χ0n) is 27.8. The fourth-order valence-electron chi connectivity index (χ4n) is 4.88. The van der Waals surface area contributed by atoms with Crippen LogP contribution in [0, 0.1) is 0 Å². The summed E-state index contributed by atoms with van der Waals surface area (Å²) in [6, 6.07) is 17.3. The van der Waals surface area contributed by atoms with Crippen LogP contribution < -0.4 is 15.4 Å². The molecule has 48 heavy (non-hydrogen) atoms. The number of amides is 2. The molecule has 0 aliphatic carbocycles. The number of unbranched alkanes of at least 4 members (excludes halogenated alkanes) is 4. The fraction of sp³-hybridized carbons (Fsp3) is 0.378. The molecule has 2 heterocycles. The van der Waals surface area contributed by atoms with Crippen molar-refractivity contribution in [1.82, 2.24) is 20.6 Å². The van der Waals surface area contributed by atoms with E-state index in [4.69, 9.17) is 9.84 Å². The first-order chi connectivity index (χ1) is 22.9. The number of carbonyl (C=O) groups is 3. The summed E-state index contributed by atoms with van der Waals surface area (Å²) in [6.07, 6.45) is 6.85. The number of hydrogen-bond donors (Lipinski definition) is 3. The van der Waals surface area contributed by atoms with Gasteiger partial charge in [0, 0.05) is 34.8 Å². The number of nitrogens with one attached hydrogen (secondary N) is 2. The van der Waals surface area contributed by atoms with Crippen molar-refractivity contribution in [2.75, 3.05) is 6.61 Å². The number of benzene rings is 2. The van der Waals surface area contributed by atoms with Gasteiger partial charge in [0.15, 0.2) is 5.82 Å². The number of ether oxygens (including phenoxy) is 1.